The van der Waals surface area contributed by atoms with Crippen LogP contribution in [0.15, 0.2) is 12.4 Å². The zero-order valence-corrected chi connectivity index (χ0v) is 9.60. The smallest absolute Gasteiger partial charge is 0.171 e. The van der Waals surface area contributed by atoms with Crippen molar-refractivity contribution in [1.82, 2.24) is 9.97 Å². The number of aromatic nitrogens is 2. The molecule has 0 aliphatic heterocycles. The van der Waals surface area contributed by atoms with Crippen LogP contribution in [0.2, 0.25) is 5.15 Å². The molecule has 1 aromatic rings. The van der Waals surface area contributed by atoms with Crippen LogP contribution in [0.5, 0.6) is 0 Å². The van der Waals surface area contributed by atoms with Gasteiger partial charge >= 0.3 is 0 Å². The molecule has 0 aliphatic rings. The van der Waals surface area contributed by atoms with E-state index in [4.69, 9.17) is 11.6 Å². The minimum atomic E-state index is 0.321. The van der Waals surface area contributed by atoms with Gasteiger partial charge < -0.3 is 5.32 Å². The second-order valence-electron chi connectivity index (χ2n) is 4.43. The van der Waals surface area contributed by atoms with Gasteiger partial charge in [-0.3, -0.25) is 0 Å². The summed E-state index contributed by atoms with van der Waals surface area (Å²) in [4.78, 5) is 8.03. The maximum absolute atomic E-state index is 5.84. The van der Waals surface area contributed by atoms with E-state index in [0.717, 1.165) is 13.0 Å². The Labute approximate surface area is 89.9 Å². The lowest BCUT2D eigenvalue weighted by atomic mass is 9.92. The summed E-state index contributed by atoms with van der Waals surface area (Å²) in [5.41, 5.74) is 0.321. The van der Waals surface area contributed by atoms with Crippen LogP contribution in [0, 0.1) is 5.41 Å². The zero-order valence-electron chi connectivity index (χ0n) is 8.84. The minimum absolute atomic E-state index is 0.321. The molecular weight excluding hydrogens is 198 g/mol. The third-order valence-corrected chi connectivity index (χ3v) is 2.10. The molecule has 78 valence electrons. The first-order valence-electron chi connectivity index (χ1n) is 4.69. The molecule has 1 N–H and O–H groups in total. The molecular formula is C10H16ClN3. The van der Waals surface area contributed by atoms with Crippen molar-refractivity contribution in [2.75, 3.05) is 11.9 Å². The lowest BCUT2D eigenvalue weighted by molar-refractivity contribution is 0.389. The van der Waals surface area contributed by atoms with Crippen molar-refractivity contribution in [3.05, 3.63) is 17.5 Å². The Morgan fingerprint density at radius 2 is 1.93 bits per heavy atom. The highest BCUT2D eigenvalue weighted by atomic mass is 35.5. The molecule has 0 radical (unpaired) electrons. The summed E-state index contributed by atoms with van der Waals surface area (Å²) in [5, 5.41) is 3.60. The SMILES string of the molecule is CC(C)(C)CCNc1nccnc1Cl. The lowest BCUT2D eigenvalue weighted by Gasteiger charge is -2.18. The molecule has 0 saturated carbocycles. The number of anilines is 1. The van der Waals surface area contributed by atoms with Crippen molar-refractivity contribution in [2.24, 2.45) is 5.41 Å². The minimum Gasteiger partial charge on any atom is -0.367 e. The monoisotopic (exact) mass is 213 g/mol. The Morgan fingerprint density at radius 3 is 2.50 bits per heavy atom. The van der Waals surface area contributed by atoms with E-state index in [2.05, 4.69) is 36.1 Å². The van der Waals surface area contributed by atoms with Crippen molar-refractivity contribution in [3.8, 4) is 0 Å². The first-order chi connectivity index (χ1) is 6.49. The van der Waals surface area contributed by atoms with Crippen LogP contribution in [0.4, 0.5) is 5.82 Å². The van der Waals surface area contributed by atoms with E-state index in [9.17, 15) is 0 Å². The molecule has 0 atom stereocenters. The standard InChI is InChI=1S/C10H16ClN3/c1-10(2,3)4-5-13-9-8(11)12-6-7-14-9/h6-7H,4-5H2,1-3H3,(H,13,14). The summed E-state index contributed by atoms with van der Waals surface area (Å²) in [6, 6.07) is 0. The predicted molar refractivity (Wildman–Crippen MR) is 59.6 cm³/mol. The van der Waals surface area contributed by atoms with Gasteiger partial charge in [0.05, 0.1) is 0 Å². The van der Waals surface area contributed by atoms with E-state index in [1.807, 2.05) is 0 Å². The van der Waals surface area contributed by atoms with Crippen LogP contribution in [0.25, 0.3) is 0 Å². The molecule has 1 aromatic heterocycles. The van der Waals surface area contributed by atoms with E-state index in [-0.39, 0.29) is 0 Å². The average Bonchev–Trinajstić information content (AvgIpc) is 2.06. The van der Waals surface area contributed by atoms with Crippen LogP contribution < -0.4 is 5.32 Å². The fraction of sp³-hybridized carbons (Fsp3) is 0.600. The summed E-state index contributed by atoms with van der Waals surface area (Å²) >= 11 is 5.84. The highest BCUT2D eigenvalue weighted by Gasteiger charge is 2.09. The van der Waals surface area contributed by atoms with E-state index in [1.54, 1.807) is 12.4 Å². The molecule has 4 heteroatoms. The van der Waals surface area contributed by atoms with Crippen LogP contribution in [0.1, 0.15) is 27.2 Å². The Balaban J connectivity index is 2.43. The molecule has 1 heterocycles. The van der Waals surface area contributed by atoms with Crippen LogP contribution >= 0.6 is 11.6 Å². The van der Waals surface area contributed by atoms with Gasteiger partial charge in [-0.2, -0.15) is 0 Å². The first-order valence-corrected chi connectivity index (χ1v) is 5.07. The Morgan fingerprint density at radius 1 is 1.29 bits per heavy atom. The molecule has 14 heavy (non-hydrogen) atoms. The summed E-state index contributed by atoms with van der Waals surface area (Å²) < 4.78 is 0. The topological polar surface area (TPSA) is 37.8 Å². The van der Waals surface area contributed by atoms with Crippen molar-refractivity contribution in [1.29, 1.82) is 0 Å². The molecule has 0 unspecified atom stereocenters. The Bertz CT molecular complexity index is 294. The second kappa shape index (κ2) is 4.60. The summed E-state index contributed by atoms with van der Waals surface area (Å²) in [7, 11) is 0. The van der Waals surface area contributed by atoms with E-state index in [0.29, 0.717) is 16.4 Å². The molecule has 0 saturated heterocycles. The van der Waals surface area contributed by atoms with Gasteiger partial charge in [0, 0.05) is 18.9 Å². The zero-order chi connectivity index (χ0) is 10.6. The van der Waals surface area contributed by atoms with Gasteiger partial charge in [0.2, 0.25) is 0 Å². The molecule has 3 nitrogen and oxygen atoms in total. The van der Waals surface area contributed by atoms with Crippen molar-refractivity contribution in [3.63, 3.8) is 0 Å². The molecule has 0 fully saturated rings. The van der Waals surface area contributed by atoms with Crippen molar-refractivity contribution >= 4 is 17.4 Å². The Kier molecular flexibility index (Phi) is 3.69. The van der Waals surface area contributed by atoms with Gasteiger partial charge in [0.1, 0.15) is 0 Å². The summed E-state index contributed by atoms with van der Waals surface area (Å²) in [6.45, 7) is 7.47. The molecule has 0 spiro atoms. The number of nitrogens with one attached hydrogen (secondary N) is 1. The van der Waals surface area contributed by atoms with E-state index < -0.39 is 0 Å². The van der Waals surface area contributed by atoms with E-state index in [1.165, 1.54) is 0 Å². The predicted octanol–water partition coefficient (Wildman–Crippen LogP) is 2.98. The molecule has 0 amide bonds. The van der Waals surface area contributed by atoms with Gasteiger partial charge in [0.15, 0.2) is 11.0 Å². The maximum Gasteiger partial charge on any atom is 0.171 e. The third-order valence-electron chi connectivity index (χ3n) is 1.82. The number of rotatable bonds is 3. The molecule has 0 aromatic carbocycles. The quantitative estimate of drug-likeness (QED) is 0.839. The highest BCUT2D eigenvalue weighted by molar-refractivity contribution is 6.31. The summed E-state index contributed by atoms with van der Waals surface area (Å²) in [6.07, 6.45) is 4.28. The van der Waals surface area contributed by atoms with Crippen LogP contribution in [-0.4, -0.2) is 16.5 Å². The van der Waals surface area contributed by atoms with Gasteiger partial charge in [-0.25, -0.2) is 9.97 Å². The number of nitrogens with zero attached hydrogens (tertiary/aromatic N) is 2. The van der Waals surface area contributed by atoms with Gasteiger partial charge in [-0.05, 0) is 11.8 Å². The fourth-order valence-corrected chi connectivity index (χ4v) is 1.17. The lowest BCUT2D eigenvalue weighted by Crippen LogP contribution is -2.13. The fourth-order valence-electron chi connectivity index (χ4n) is 0.996. The van der Waals surface area contributed by atoms with Gasteiger partial charge in [-0.1, -0.05) is 32.4 Å². The van der Waals surface area contributed by atoms with Gasteiger partial charge in [0.25, 0.3) is 0 Å². The highest BCUT2D eigenvalue weighted by Crippen LogP contribution is 2.19. The normalized spacial score (nSPS) is 11.4. The van der Waals surface area contributed by atoms with Crippen molar-refractivity contribution in [2.45, 2.75) is 27.2 Å². The number of halogens is 1. The van der Waals surface area contributed by atoms with Crippen LogP contribution in [-0.2, 0) is 0 Å². The van der Waals surface area contributed by atoms with Crippen molar-refractivity contribution < 1.29 is 0 Å². The first kappa shape index (κ1) is 11.2. The van der Waals surface area contributed by atoms with E-state index >= 15 is 0 Å². The molecule has 0 aliphatic carbocycles. The number of hydrogen-bond donors (Lipinski definition) is 1. The molecule has 1 rings (SSSR count). The second-order valence-corrected chi connectivity index (χ2v) is 4.79. The van der Waals surface area contributed by atoms with Crippen LogP contribution in [0.3, 0.4) is 0 Å². The summed E-state index contributed by atoms with van der Waals surface area (Å²) in [5.74, 6) is 0.665. The third kappa shape index (κ3) is 3.92. The van der Waals surface area contributed by atoms with Gasteiger partial charge in [-0.15, -0.1) is 0 Å². The number of hydrogen-bond acceptors (Lipinski definition) is 3. The average molecular weight is 214 g/mol. The maximum atomic E-state index is 5.84. The molecule has 0 bridgehead atoms. The Hall–Kier alpha value is -0.830. The largest absolute Gasteiger partial charge is 0.367 e.